The normalized spacial score (nSPS) is 47.5. The molecule has 0 N–H and O–H groups in total. The van der Waals surface area contributed by atoms with Gasteiger partial charge < -0.3 is 0 Å². The summed E-state index contributed by atoms with van der Waals surface area (Å²) in [6, 6.07) is 0. The van der Waals surface area contributed by atoms with Crippen LogP contribution in [0.1, 0.15) is 48.0 Å². The van der Waals surface area contributed by atoms with Crippen molar-refractivity contribution in [1.82, 2.24) is 0 Å². The third-order valence-corrected chi connectivity index (χ3v) is 4.80. The Balaban J connectivity index is 2.82. The van der Waals surface area contributed by atoms with Crippen molar-refractivity contribution in [3.8, 4) is 0 Å². The summed E-state index contributed by atoms with van der Waals surface area (Å²) >= 11 is 0. The SMILES string of the molecule is C[C@@H]1C[C@H](C)[C@H](C)C(C)(C)[C@@H]1C. The van der Waals surface area contributed by atoms with E-state index in [4.69, 9.17) is 0 Å². The molecule has 0 aromatic heterocycles. The van der Waals surface area contributed by atoms with Crippen LogP contribution in [0.5, 0.6) is 0 Å². The van der Waals surface area contributed by atoms with Gasteiger partial charge in [0.05, 0.1) is 0 Å². The Morgan fingerprint density at radius 3 is 1.50 bits per heavy atom. The van der Waals surface area contributed by atoms with E-state index in [1.54, 1.807) is 0 Å². The Kier molecular flexibility index (Phi) is 2.56. The van der Waals surface area contributed by atoms with Crippen LogP contribution >= 0.6 is 0 Å². The predicted octanol–water partition coefficient (Wildman–Crippen LogP) is 3.96. The first-order valence-electron chi connectivity index (χ1n) is 5.37. The topological polar surface area (TPSA) is 0 Å². The van der Waals surface area contributed by atoms with Crippen LogP contribution < -0.4 is 0 Å². The molecule has 0 nitrogen and oxygen atoms in total. The van der Waals surface area contributed by atoms with E-state index in [9.17, 15) is 0 Å². The van der Waals surface area contributed by atoms with Gasteiger partial charge in [-0.1, -0.05) is 41.5 Å². The van der Waals surface area contributed by atoms with Gasteiger partial charge in [0.1, 0.15) is 0 Å². The molecule has 0 bridgehead atoms. The van der Waals surface area contributed by atoms with Gasteiger partial charge in [0.2, 0.25) is 0 Å². The molecule has 0 saturated heterocycles. The summed E-state index contributed by atoms with van der Waals surface area (Å²) in [7, 11) is 0. The van der Waals surface area contributed by atoms with E-state index in [1.807, 2.05) is 0 Å². The van der Waals surface area contributed by atoms with Crippen LogP contribution in [0.4, 0.5) is 0 Å². The lowest BCUT2D eigenvalue weighted by atomic mass is 9.56. The zero-order valence-corrected chi connectivity index (χ0v) is 9.52. The molecule has 0 aromatic rings. The predicted molar refractivity (Wildman–Crippen MR) is 55.1 cm³/mol. The third-order valence-electron chi connectivity index (χ3n) is 4.80. The molecule has 0 spiro atoms. The summed E-state index contributed by atoms with van der Waals surface area (Å²) in [5.74, 6) is 3.57. The van der Waals surface area contributed by atoms with Crippen LogP contribution in [0.15, 0.2) is 0 Å². The largest absolute Gasteiger partial charge is 0.0622 e. The van der Waals surface area contributed by atoms with Gasteiger partial charge in [-0.05, 0) is 35.5 Å². The second-order valence-corrected chi connectivity index (χ2v) is 5.59. The molecule has 1 aliphatic carbocycles. The highest BCUT2D eigenvalue weighted by Crippen LogP contribution is 2.49. The van der Waals surface area contributed by atoms with Crippen molar-refractivity contribution in [2.45, 2.75) is 48.0 Å². The molecule has 1 fully saturated rings. The molecule has 4 atom stereocenters. The molecule has 0 amide bonds. The first-order chi connectivity index (χ1) is 5.37. The molecular formula is C12H24. The first-order valence-corrected chi connectivity index (χ1v) is 5.37. The van der Waals surface area contributed by atoms with Crippen molar-refractivity contribution in [3.05, 3.63) is 0 Å². The first kappa shape index (κ1) is 10.1. The number of hydrogen-bond acceptors (Lipinski definition) is 0. The van der Waals surface area contributed by atoms with Crippen LogP contribution in [-0.2, 0) is 0 Å². The Bertz CT molecular complexity index is 141. The molecule has 1 saturated carbocycles. The molecule has 0 heterocycles. The average molecular weight is 168 g/mol. The van der Waals surface area contributed by atoms with Gasteiger partial charge in [0.15, 0.2) is 0 Å². The highest BCUT2D eigenvalue weighted by molar-refractivity contribution is 4.91. The highest BCUT2D eigenvalue weighted by atomic mass is 14.5. The molecule has 12 heavy (non-hydrogen) atoms. The van der Waals surface area contributed by atoms with E-state index < -0.39 is 0 Å². The van der Waals surface area contributed by atoms with Gasteiger partial charge in [0, 0.05) is 0 Å². The van der Waals surface area contributed by atoms with E-state index >= 15 is 0 Å². The van der Waals surface area contributed by atoms with Gasteiger partial charge in [-0.15, -0.1) is 0 Å². The summed E-state index contributed by atoms with van der Waals surface area (Å²) in [6.45, 7) is 14.5. The van der Waals surface area contributed by atoms with Crippen LogP contribution in [0.2, 0.25) is 0 Å². The minimum Gasteiger partial charge on any atom is -0.0622 e. The van der Waals surface area contributed by atoms with Gasteiger partial charge in [-0.3, -0.25) is 0 Å². The lowest BCUT2D eigenvalue weighted by molar-refractivity contribution is 0.00131. The third kappa shape index (κ3) is 1.41. The highest BCUT2D eigenvalue weighted by Gasteiger charge is 2.42. The van der Waals surface area contributed by atoms with Gasteiger partial charge >= 0.3 is 0 Å². The fraction of sp³-hybridized carbons (Fsp3) is 1.00. The summed E-state index contributed by atoms with van der Waals surface area (Å²) < 4.78 is 0. The molecule has 72 valence electrons. The second-order valence-electron chi connectivity index (χ2n) is 5.59. The molecule has 0 unspecified atom stereocenters. The van der Waals surface area contributed by atoms with E-state index in [0.717, 1.165) is 23.7 Å². The average Bonchev–Trinajstić information content (AvgIpc) is 1.99. The smallest absolute Gasteiger partial charge is 0.0298 e. The van der Waals surface area contributed by atoms with Crippen LogP contribution in [0.3, 0.4) is 0 Å². The fourth-order valence-electron chi connectivity index (χ4n) is 2.88. The Morgan fingerprint density at radius 1 is 0.833 bits per heavy atom. The Labute approximate surface area is 77.7 Å². The minimum atomic E-state index is 0.539. The standard InChI is InChI=1S/C12H24/c1-8-7-9(2)11(4)12(5,6)10(8)3/h8-11H,7H2,1-6H3/t8-,9+,10-,11+. The zero-order valence-electron chi connectivity index (χ0n) is 9.52. The maximum Gasteiger partial charge on any atom is -0.0298 e. The van der Waals surface area contributed by atoms with Crippen molar-refractivity contribution in [3.63, 3.8) is 0 Å². The summed E-state index contributed by atoms with van der Waals surface area (Å²) in [5.41, 5.74) is 0.539. The monoisotopic (exact) mass is 168 g/mol. The van der Waals surface area contributed by atoms with Gasteiger partial charge in [-0.2, -0.15) is 0 Å². The maximum atomic E-state index is 2.44. The van der Waals surface area contributed by atoms with E-state index in [2.05, 4.69) is 41.5 Å². The molecule has 0 heteroatoms. The van der Waals surface area contributed by atoms with E-state index in [-0.39, 0.29) is 0 Å². The molecule has 1 rings (SSSR count). The lowest BCUT2D eigenvalue weighted by Crippen LogP contribution is -2.42. The number of hydrogen-bond donors (Lipinski definition) is 0. The van der Waals surface area contributed by atoms with Gasteiger partial charge in [0.25, 0.3) is 0 Å². The van der Waals surface area contributed by atoms with Crippen LogP contribution in [0.25, 0.3) is 0 Å². The maximum absolute atomic E-state index is 2.44. The van der Waals surface area contributed by atoms with Crippen molar-refractivity contribution in [2.24, 2.45) is 29.1 Å². The van der Waals surface area contributed by atoms with Crippen molar-refractivity contribution in [2.75, 3.05) is 0 Å². The van der Waals surface area contributed by atoms with E-state index in [1.165, 1.54) is 6.42 Å². The van der Waals surface area contributed by atoms with Crippen molar-refractivity contribution >= 4 is 0 Å². The molecule has 0 aromatic carbocycles. The lowest BCUT2D eigenvalue weighted by Gasteiger charge is -2.49. The van der Waals surface area contributed by atoms with Crippen LogP contribution in [-0.4, -0.2) is 0 Å². The Morgan fingerprint density at radius 2 is 1.17 bits per heavy atom. The van der Waals surface area contributed by atoms with Gasteiger partial charge in [-0.25, -0.2) is 0 Å². The quantitative estimate of drug-likeness (QED) is 0.513. The molecule has 1 aliphatic rings. The van der Waals surface area contributed by atoms with Crippen molar-refractivity contribution in [1.29, 1.82) is 0 Å². The molecule has 0 radical (unpaired) electrons. The Hall–Kier alpha value is 0. The zero-order chi connectivity index (χ0) is 9.52. The number of rotatable bonds is 0. The van der Waals surface area contributed by atoms with Crippen LogP contribution in [0, 0.1) is 29.1 Å². The minimum absolute atomic E-state index is 0.539. The fourth-order valence-corrected chi connectivity index (χ4v) is 2.88. The molecular weight excluding hydrogens is 144 g/mol. The summed E-state index contributed by atoms with van der Waals surface area (Å²) in [5, 5.41) is 0. The van der Waals surface area contributed by atoms with Crippen molar-refractivity contribution < 1.29 is 0 Å². The summed E-state index contributed by atoms with van der Waals surface area (Å²) in [4.78, 5) is 0. The summed E-state index contributed by atoms with van der Waals surface area (Å²) in [6.07, 6.45) is 1.42. The molecule has 0 aliphatic heterocycles. The van der Waals surface area contributed by atoms with E-state index in [0.29, 0.717) is 5.41 Å². The second kappa shape index (κ2) is 3.05.